The van der Waals surface area contributed by atoms with Crippen molar-refractivity contribution >= 4 is 5.97 Å². The first kappa shape index (κ1) is 11.3. The molecule has 0 spiro atoms. The Morgan fingerprint density at radius 2 is 2.41 bits per heavy atom. The summed E-state index contributed by atoms with van der Waals surface area (Å²) in [6.07, 6.45) is 7.25. The molecule has 17 heavy (non-hydrogen) atoms. The van der Waals surface area contributed by atoms with Gasteiger partial charge in [-0.2, -0.15) is 0 Å². The fourth-order valence-electron chi connectivity index (χ4n) is 3.77. The van der Waals surface area contributed by atoms with E-state index in [1.807, 2.05) is 6.92 Å². The van der Waals surface area contributed by atoms with E-state index >= 15 is 0 Å². The van der Waals surface area contributed by atoms with Gasteiger partial charge in [0.15, 0.2) is 0 Å². The van der Waals surface area contributed by atoms with Crippen LogP contribution in [0.1, 0.15) is 39.5 Å². The van der Waals surface area contributed by atoms with Gasteiger partial charge in [0.05, 0.1) is 18.8 Å². The highest BCUT2D eigenvalue weighted by molar-refractivity contribution is 5.83. The van der Waals surface area contributed by atoms with Crippen molar-refractivity contribution in [2.24, 2.45) is 11.3 Å². The molecule has 1 aliphatic heterocycles. The molecule has 2 aliphatic carbocycles. The summed E-state index contributed by atoms with van der Waals surface area (Å²) in [7, 11) is 0. The van der Waals surface area contributed by atoms with Gasteiger partial charge in [-0.1, -0.05) is 12.5 Å². The van der Waals surface area contributed by atoms with E-state index in [2.05, 4.69) is 6.92 Å². The van der Waals surface area contributed by atoms with Gasteiger partial charge in [0.25, 0.3) is 0 Å². The Morgan fingerprint density at radius 1 is 1.59 bits per heavy atom. The molecule has 3 heteroatoms. The van der Waals surface area contributed by atoms with E-state index in [0.29, 0.717) is 24.7 Å². The summed E-state index contributed by atoms with van der Waals surface area (Å²) in [6.45, 7) is 4.60. The lowest BCUT2D eigenvalue weighted by Gasteiger charge is -2.35. The van der Waals surface area contributed by atoms with E-state index in [0.717, 1.165) is 19.3 Å². The summed E-state index contributed by atoms with van der Waals surface area (Å²) in [5, 5.41) is 0. The number of rotatable bonds is 2. The fraction of sp³-hybridized carbons (Fsp3) is 0.786. The van der Waals surface area contributed by atoms with Crippen molar-refractivity contribution in [2.75, 3.05) is 6.61 Å². The van der Waals surface area contributed by atoms with Gasteiger partial charge in [-0.25, -0.2) is 4.79 Å². The third-order valence-corrected chi connectivity index (χ3v) is 4.82. The molecule has 94 valence electrons. The van der Waals surface area contributed by atoms with Crippen LogP contribution < -0.4 is 0 Å². The second-order valence-electron chi connectivity index (χ2n) is 5.66. The van der Waals surface area contributed by atoms with Gasteiger partial charge in [0.1, 0.15) is 0 Å². The predicted molar refractivity (Wildman–Crippen MR) is 63.4 cm³/mol. The molecule has 0 aromatic heterocycles. The largest absolute Gasteiger partial charge is 0.463 e. The van der Waals surface area contributed by atoms with Crippen LogP contribution in [0.15, 0.2) is 11.6 Å². The quantitative estimate of drug-likeness (QED) is 0.420. The van der Waals surface area contributed by atoms with E-state index in [1.54, 1.807) is 6.08 Å². The van der Waals surface area contributed by atoms with Gasteiger partial charge in [0, 0.05) is 6.08 Å². The smallest absolute Gasteiger partial charge is 0.330 e. The standard InChI is InChI=1S/C14H20O3/c1-3-16-12(15)8-9-4-5-10-13-11(17-13)6-7-14(9,10)2/h8,10-11,13H,3-7H2,1-2H3/t10-,11-,13+,14+/m0/s1. The van der Waals surface area contributed by atoms with Crippen LogP contribution in [-0.4, -0.2) is 24.8 Å². The van der Waals surface area contributed by atoms with Crippen LogP contribution in [-0.2, 0) is 14.3 Å². The van der Waals surface area contributed by atoms with Crippen LogP contribution in [0.5, 0.6) is 0 Å². The Morgan fingerprint density at radius 3 is 3.18 bits per heavy atom. The molecule has 0 radical (unpaired) electrons. The Hall–Kier alpha value is -0.830. The van der Waals surface area contributed by atoms with E-state index < -0.39 is 0 Å². The minimum absolute atomic E-state index is 0.178. The number of ether oxygens (including phenoxy) is 2. The van der Waals surface area contributed by atoms with Crippen molar-refractivity contribution in [3.05, 3.63) is 11.6 Å². The first-order valence-electron chi connectivity index (χ1n) is 6.68. The van der Waals surface area contributed by atoms with Crippen LogP contribution in [0, 0.1) is 11.3 Å². The summed E-state index contributed by atoms with van der Waals surface area (Å²) in [5.74, 6) is 0.449. The maximum Gasteiger partial charge on any atom is 0.330 e. The summed E-state index contributed by atoms with van der Waals surface area (Å²) in [4.78, 5) is 11.6. The molecule has 1 saturated heterocycles. The number of hydrogen-bond donors (Lipinski definition) is 0. The zero-order valence-corrected chi connectivity index (χ0v) is 10.6. The normalized spacial score (nSPS) is 45.3. The number of fused-ring (bicyclic) bond motifs is 3. The van der Waals surface area contributed by atoms with Gasteiger partial charge in [-0.05, 0) is 43.9 Å². The number of carbonyl (C=O) groups is 1. The van der Waals surface area contributed by atoms with Gasteiger partial charge in [-0.3, -0.25) is 0 Å². The summed E-state index contributed by atoms with van der Waals surface area (Å²) >= 11 is 0. The van der Waals surface area contributed by atoms with Crippen LogP contribution in [0.2, 0.25) is 0 Å². The zero-order valence-electron chi connectivity index (χ0n) is 10.6. The monoisotopic (exact) mass is 236 g/mol. The number of esters is 1. The lowest BCUT2D eigenvalue weighted by Crippen LogP contribution is -2.32. The fourth-order valence-corrected chi connectivity index (χ4v) is 3.77. The minimum Gasteiger partial charge on any atom is -0.463 e. The molecule has 1 heterocycles. The molecule has 3 rings (SSSR count). The molecular formula is C14H20O3. The van der Waals surface area contributed by atoms with Gasteiger partial charge in [-0.15, -0.1) is 0 Å². The van der Waals surface area contributed by atoms with Crippen molar-refractivity contribution in [1.82, 2.24) is 0 Å². The van der Waals surface area contributed by atoms with E-state index in [-0.39, 0.29) is 11.4 Å². The predicted octanol–water partition coefficient (Wildman–Crippen LogP) is 2.45. The molecule has 0 aromatic rings. The van der Waals surface area contributed by atoms with E-state index in [4.69, 9.17) is 9.47 Å². The third kappa shape index (κ3) is 1.71. The molecule has 4 atom stereocenters. The molecular weight excluding hydrogens is 216 g/mol. The third-order valence-electron chi connectivity index (χ3n) is 4.82. The van der Waals surface area contributed by atoms with E-state index in [9.17, 15) is 4.79 Å². The number of hydrogen-bond acceptors (Lipinski definition) is 3. The van der Waals surface area contributed by atoms with Crippen LogP contribution in [0.4, 0.5) is 0 Å². The number of carbonyl (C=O) groups excluding carboxylic acids is 1. The topological polar surface area (TPSA) is 38.8 Å². The Labute approximate surface area is 102 Å². The first-order valence-corrected chi connectivity index (χ1v) is 6.68. The molecule has 0 aromatic carbocycles. The van der Waals surface area contributed by atoms with E-state index in [1.165, 1.54) is 12.0 Å². The molecule has 0 bridgehead atoms. The van der Waals surface area contributed by atoms with Crippen molar-refractivity contribution in [3.63, 3.8) is 0 Å². The molecule has 3 aliphatic rings. The summed E-state index contributed by atoms with van der Waals surface area (Å²) in [5.41, 5.74) is 1.47. The lowest BCUT2D eigenvalue weighted by molar-refractivity contribution is -0.137. The number of allylic oxidation sites excluding steroid dienone is 1. The molecule has 0 N–H and O–H groups in total. The van der Waals surface area contributed by atoms with Crippen molar-refractivity contribution in [2.45, 2.75) is 51.7 Å². The second kappa shape index (κ2) is 3.84. The SMILES string of the molecule is CCOC(=O)C=C1CC[C@H]2[C@H]3O[C@H]3CC[C@]12C. The number of epoxide rings is 1. The molecule has 0 amide bonds. The van der Waals surface area contributed by atoms with Crippen molar-refractivity contribution < 1.29 is 14.3 Å². The van der Waals surface area contributed by atoms with Crippen molar-refractivity contribution in [3.8, 4) is 0 Å². The van der Waals surface area contributed by atoms with Crippen molar-refractivity contribution in [1.29, 1.82) is 0 Å². The first-order chi connectivity index (χ1) is 8.15. The average Bonchev–Trinajstić information content (AvgIpc) is 2.99. The minimum atomic E-state index is -0.178. The average molecular weight is 236 g/mol. The highest BCUT2D eigenvalue weighted by Crippen LogP contribution is 2.60. The Bertz CT molecular complexity index is 374. The van der Waals surface area contributed by atoms with Crippen LogP contribution in [0.25, 0.3) is 0 Å². The maximum absolute atomic E-state index is 11.6. The highest BCUT2D eigenvalue weighted by atomic mass is 16.6. The molecule has 0 unspecified atom stereocenters. The van der Waals surface area contributed by atoms with Gasteiger partial charge < -0.3 is 9.47 Å². The lowest BCUT2D eigenvalue weighted by atomic mass is 9.68. The molecule has 3 nitrogen and oxygen atoms in total. The molecule has 3 fully saturated rings. The Balaban J connectivity index is 1.80. The van der Waals surface area contributed by atoms with Gasteiger partial charge >= 0.3 is 5.97 Å². The highest BCUT2D eigenvalue weighted by Gasteiger charge is 2.59. The maximum atomic E-state index is 11.6. The summed E-state index contributed by atoms with van der Waals surface area (Å²) in [6, 6.07) is 0. The Kier molecular flexibility index (Phi) is 2.54. The van der Waals surface area contributed by atoms with Crippen LogP contribution in [0.3, 0.4) is 0 Å². The zero-order chi connectivity index (χ0) is 12.0. The van der Waals surface area contributed by atoms with Crippen LogP contribution >= 0.6 is 0 Å². The second-order valence-corrected chi connectivity index (χ2v) is 5.66. The van der Waals surface area contributed by atoms with Gasteiger partial charge in [0.2, 0.25) is 0 Å². The molecule has 2 saturated carbocycles. The summed E-state index contributed by atoms with van der Waals surface area (Å²) < 4.78 is 10.7.